The van der Waals surface area contributed by atoms with Gasteiger partial charge in [-0.1, -0.05) is 72.8 Å². The van der Waals surface area contributed by atoms with E-state index in [9.17, 15) is 10.1 Å². The third-order valence-electron chi connectivity index (χ3n) is 3.77. The van der Waals surface area contributed by atoms with Crippen LogP contribution in [0.5, 0.6) is 0 Å². The molecule has 3 aromatic carbocycles. The summed E-state index contributed by atoms with van der Waals surface area (Å²) in [6, 6.07) is 27.2. The zero-order valence-corrected chi connectivity index (χ0v) is 12.6. The maximum atomic E-state index is 10.8. The van der Waals surface area contributed by atoms with Gasteiger partial charge in [0.05, 0.1) is 4.92 Å². The molecule has 0 heterocycles. The maximum Gasteiger partial charge on any atom is 0.269 e. The Bertz CT molecular complexity index is 728. The van der Waals surface area contributed by atoms with E-state index in [-0.39, 0.29) is 10.6 Å². The number of benzene rings is 3. The van der Waals surface area contributed by atoms with Crippen molar-refractivity contribution in [3.63, 3.8) is 0 Å². The van der Waals surface area contributed by atoms with Crippen LogP contribution in [0, 0.1) is 16.0 Å². The average Bonchev–Trinajstić information content (AvgIpc) is 2.61. The summed E-state index contributed by atoms with van der Waals surface area (Å²) in [7, 11) is 0. The lowest BCUT2D eigenvalue weighted by Gasteiger charge is -2.17. The molecule has 0 aliphatic carbocycles. The van der Waals surface area contributed by atoms with E-state index >= 15 is 0 Å². The highest BCUT2D eigenvalue weighted by Gasteiger charge is 2.16. The molecule has 0 aliphatic rings. The van der Waals surface area contributed by atoms with Crippen molar-refractivity contribution >= 4 is 5.69 Å². The number of nitrogens with zero attached hydrogens (tertiary/aromatic N) is 1. The molecule has 0 saturated carbocycles. The predicted octanol–water partition coefficient (Wildman–Crippen LogP) is 4.81. The van der Waals surface area contributed by atoms with Crippen LogP contribution >= 0.6 is 0 Å². The smallest absolute Gasteiger partial charge is 0.258 e. The Labute approximate surface area is 135 Å². The molecule has 0 atom stereocenters. The first kappa shape index (κ1) is 15.0. The predicted molar refractivity (Wildman–Crippen MR) is 91.1 cm³/mol. The Morgan fingerprint density at radius 1 is 0.739 bits per heavy atom. The molecule has 0 N–H and O–H groups in total. The summed E-state index contributed by atoms with van der Waals surface area (Å²) in [6.07, 6.45) is 0.728. The topological polar surface area (TPSA) is 43.1 Å². The van der Waals surface area contributed by atoms with Crippen LogP contribution in [0.3, 0.4) is 0 Å². The zero-order valence-electron chi connectivity index (χ0n) is 12.6. The molecule has 0 unspecified atom stereocenters. The first-order chi connectivity index (χ1) is 11.2. The number of nitro groups is 1. The zero-order chi connectivity index (χ0) is 16.1. The Morgan fingerprint density at radius 2 is 1.22 bits per heavy atom. The Hall–Kier alpha value is -2.94. The quantitative estimate of drug-likeness (QED) is 0.501. The second-order valence-electron chi connectivity index (χ2n) is 5.31. The van der Waals surface area contributed by atoms with Crippen molar-refractivity contribution in [3.8, 4) is 0 Å². The van der Waals surface area contributed by atoms with Crippen molar-refractivity contribution in [2.75, 3.05) is 0 Å². The molecule has 0 saturated heterocycles. The highest BCUT2D eigenvalue weighted by Crippen LogP contribution is 2.28. The first-order valence-corrected chi connectivity index (χ1v) is 7.44. The van der Waals surface area contributed by atoms with E-state index in [0.717, 1.165) is 23.1 Å². The van der Waals surface area contributed by atoms with Gasteiger partial charge in [-0.15, -0.1) is 0 Å². The van der Waals surface area contributed by atoms with Crippen molar-refractivity contribution in [3.05, 3.63) is 118 Å². The Balaban J connectivity index is 1.92. The summed E-state index contributed by atoms with van der Waals surface area (Å²) in [6.45, 7) is 0. The summed E-state index contributed by atoms with van der Waals surface area (Å²) in [5.41, 5.74) is 3.50. The Morgan fingerprint density at radius 3 is 1.65 bits per heavy atom. The highest BCUT2D eigenvalue weighted by molar-refractivity contribution is 5.48. The minimum Gasteiger partial charge on any atom is -0.258 e. The molecule has 1 radical (unpaired) electrons. The van der Waals surface area contributed by atoms with E-state index < -0.39 is 0 Å². The second-order valence-corrected chi connectivity index (χ2v) is 5.31. The van der Waals surface area contributed by atoms with Crippen molar-refractivity contribution in [1.29, 1.82) is 0 Å². The van der Waals surface area contributed by atoms with E-state index in [1.165, 1.54) is 5.92 Å². The summed E-state index contributed by atoms with van der Waals surface area (Å²) >= 11 is 0. The van der Waals surface area contributed by atoms with E-state index in [4.69, 9.17) is 0 Å². The molecule has 0 amide bonds. The SMILES string of the molecule is O=[N+]([O-])c1ccc(C[C](c2ccccc2)c2ccccc2)cc1. The fourth-order valence-electron chi connectivity index (χ4n) is 2.59. The van der Waals surface area contributed by atoms with Crippen molar-refractivity contribution in [2.45, 2.75) is 6.42 Å². The lowest BCUT2D eigenvalue weighted by Crippen LogP contribution is -2.06. The molecule has 23 heavy (non-hydrogen) atoms. The summed E-state index contributed by atoms with van der Waals surface area (Å²) in [4.78, 5) is 10.4. The fraction of sp³-hybridized carbons (Fsp3) is 0.0500. The molecule has 0 aliphatic heterocycles. The lowest BCUT2D eigenvalue weighted by molar-refractivity contribution is -0.384. The molecular formula is C20H16NO2. The molecule has 3 nitrogen and oxygen atoms in total. The van der Waals surface area contributed by atoms with Crippen molar-refractivity contribution in [2.24, 2.45) is 0 Å². The molecule has 0 spiro atoms. The normalized spacial score (nSPS) is 10.7. The highest BCUT2D eigenvalue weighted by atomic mass is 16.6. The van der Waals surface area contributed by atoms with Crippen LogP contribution in [0.1, 0.15) is 16.7 Å². The van der Waals surface area contributed by atoms with Crippen LogP contribution in [0.25, 0.3) is 0 Å². The fourth-order valence-corrected chi connectivity index (χ4v) is 2.59. The second kappa shape index (κ2) is 6.88. The minimum absolute atomic E-state index is 0.120. The summed E-state index contributed by atoms with van der Waals surface area (Å²) in [5, 5.41) is 10.8. The van der Waals surface area contributed by atoms with Crippen LogP contribution in [-0.2, 0) is 6.42 Å². The lowest BCUT2D eigenvalue weighted by atomic mass is 9.86. The molecule has 3 rings (SSSR count). The molecule has 113 valence electrons. The molecule has 3 aromatic rings. The van der Waals surface area contributed by atoms with Crippen LogP contribution in [-0.4, -0.2) is 4.92 Å². The largest absolute Gasteiger partial charge is 0.269 e. The van der Waals surface area contributed by atoms with Gasteiger partial charge in [0, 0.05) is 18.1 Å². The number of hydrogen-bond donors (Lipinski definition) is 0. The third kappa shape index (κ3) is 3.64. The minimum atomic E-state index is -0.372. The van der Waals surface area contributed by atoms with Gasteiger partial charge in [-0.25, -0.2) is 0 Å². The van der Waals surface area contributed by atoms with Gasteiger partial charge >= 0.3 is 0 Å². The standard InChI is InChI=1S/C20H16NO2/c22-21(23)19-13-11-16(12-14-19)15-20(17-7-3-1-4-8-17)18-9-5-2-6-10-18/h1-14H,15H2. The van der Waals surface area contributed by atoms with E-state index in [2.05, 4.69) is 24.3 Å². The molecule has 3 heteroatoms. The summed E-state index contributed by atoms with van der Waals surface area (Å²) in [5.74, 6) is 1.21. The van der Waals surface area contributed by atoms with Crippen LogP contribution in [0.15, 0.2) is 84.9 Å². The van der Waals surface area contributed by atoms with Gasteiger partial charge in [-0.05, 0) is 23.1 Å². The van der Waals surface area contributed by atoms with Crippen LogP contribution < -0.4 is 0 Å². The molecule has 0 fully saturated rings. The van der Waals surface area contributed by atoms with E-state index in [1.54, 1.807) is 12.1 Å². The maximum absolute atomic E-state index is 10.8. The Kier molecular flexibility index (Phi) is 4.48. The molecule has 0 bridgehead atoms. The number of rotatable bonds is 5. The van der Waals surface area contributed by atoms with Gasteiger partial charge in [0.15, 0.2) is 0 Å². The van der Waals surface area contributed by atoms with Crippen molar-refractivity contribution in [1.82, 2.24) is 0 Å². The first-order valence-electron chi connectivity index (χ1n) is 7.44. The van der Waals surface area contributed by atoms with Gasteiger partial charge < -0.3 is 0 Å². The van der Waals surface area contributed by atoms with Crippen LogP contribution in [0.4, 0.5) is 5.69 Å². The number of non-ortho nitro benzene ring substituents is 1. The molecular weight excluding hydrogens is 286 g/mol. The van der Waals surface area contributed by atoms with Gasteiger partial charge in [-0.2, -0.15) is 0 Å². The van der Waals surface area contributed by atoms with Gasteiger partial charge in [0.1, 0.15) is 0 Å². The number of hydrogen-bond acceptors (Lipinski definition) is 2. The molecule has 0 aromatic heterocycles. The van der Waals surface area contributed by atoms with Crippen molar-refractivity contribution < 1.29 is 4.92 Å². The van der Waals surface area contributed by atoms with Gasteiger partial charge in [0.2, 0.25) is 0 Å². The van der Waals surface area contributed by atoms with Crippen LogP contribution in [0.2, 0.25) is 0 Å². The monoisotopic (exact) mass is 302 g/mol. The summed E-state index contributed by atoms with van der Waals surface area (Å²) < 4.78 is 0. The van der Waals surface area contributed by atoms with E-state index in [1.807, 2.05) is 48.5 Å². The van der Waals surface area contributed by atoms with Gasteiger partial charge in [-0.3, -0.25) is 10.1 Å². The third-order valence-corrected chi connectivity index (χ3v) is 3.77. The van der Waals surface area contributed by atoms with E-state index in [0.29, 0.717) is 0 Å². The van der Waals surface area contributed by atoms with Gasteiger partial charge in [0.25, 0.3) is 5.69 Å². The number of nitro benzene ring substituents is 1. The average molecular weight is 302 g/mol.